The number of hydrogen-bond donors (Lipinski definition) is 1. The largest absolute Gasteiger partial charge is 0.388 e. The van der Waals surface area contributed by atoms with Crippen LogP contribution in [0.15, 0.2) is 54.6 Å². The van der Waals surface area contributed by atoms with Gasteiger partial charge in [-0.15, -0.1) is 0 Å². The predicted octanol–water partition coefficient (Wildman–Crippen LogP) is 4.20. The van der Waals surface area contributed by atoms with Crippen molar-refractivity contribution in [1.29, 1.82) is 0 Å². The van der Waals surface area contributed by atoms with E-state index in [0.29, 0.717) is 0 Å². The van der Waals surface area contributed by atoms with E-state index in [4.69, 9.17) is 0 Å². The molecule has 2 nitrogen and oxygen atoms in total. The van der Waals surface area contributed by atoms with Gasteiger partial charge in [-0.1, -0.05) is 42.5 Å². The van der Waals surface area contributed by atoms with E-state index in [1.54, 1.807) is 0 Å². The second-order valence-electron chi connectivity index (χ2n) is 5.30. The predicted molar refractivity (Wildman–Crippen MR) is 89.7 cm³/mol. The number of hydrogen-bond acceptors (Lipinski definition) is 2. The zero-order valence-electron chi connectivity index (χ0n) is 13.0. The van der Waals surface area contributed by atoms with Crippen LogP contribution in [0.4, 0.5) is 5.69 Å². The molecule has 2 aromatic carbocycles. The van der Waals surface area contributed by atoms with Crippen molar-refractivity contribution in [2.24, 2.45) is 0 Å². The van der Waals surface area contributed by atoms with Crippen molar-refractivity contribution in [3.8, 4) is 0 Å². The van der Waals surface area contributed by atoms with Crippen molar-refractivity contribution in [3.05, 3.63) is 65.7 Å². The monoisotopic (exact) mass is 283 g/mol. The first kappa shape index (κ1) is 15.6. The third kappa shape index (κ3) is 4.33. The summed E-state index contributed by atoms with van der Waals surface area (Å²) < 4.78 is 0. The van der Waals surface area contributed by atoms with Crippen molar-refractivity contribution in [2.45, 2.75) is 32.8 Å². The van der Waals surface area contributed by atoms with E-state index in [1.807, 2.05) is 30.3 Å². The number of rotatable bonds is 7. The van der Waals surface area contributed by atoms with E-state index < -0.39 is 6.10 Å². The first-order valence-corrected chi connectivity index (χ1v) is 7.81. The van der Waals surface area contributed by atoms with Gasteiger partial charge in [0.2, 0.25) is 0 Å². The fraction of sp³-hybridized carbons (Fsp3) is 0.368. The topological polar surface area (TPSA) is 23.5 Å². The molecule has 0 bridgehead atoms. The summed E-state index contributed by atoms with van der Waals surface area (Å²) in [4.78, 5) is 2.31. The zero-order valence-corrected chi connectivity index (χ0v) is 13.0. The maximum Gasteiger partial charge on any atom is 0.0793 e. The second-order valence-corrected chi connectivity index (χ2v) is 5.30. The highest BCUT2D eigenvalue weighted by atomic mass is 16.3. The molecule has 0 fully saturated rings. The van der Waals surface area contributed by atoms with Gasteiger partial charge in [-0.25, -0.2) is 0 Å². The third-order valence-electron chi connectivity index (χ3n) is 3.96. The SMILES string of the molecule is CCN(CC)c1ccc(C(O)CCc2ccccc2)cc1. The van der Waals surface area contributed by atoms with Gasteiger partial charge in [0.15, 0.2) is 0 Å². The van der Waals surface area contributed by atoms with Crippen molar-refractivity contribution in [1.82, 2.24) is 0 Å². The average Bonchev–Trinajstić information content (AvgIpc) is 2.55. The summed E-state index contributed by atoms with van der Waals surface area (Å²) in [6, 6.07) is 18.6. The van der Waals surface area contributed by atoms with Crippen LogP contribution in [0, 0.1) is 0 Å². The van der Waals surface area contributed by atoms with E-state index in [-0.39, 0.29) is 0 Å². The Hall–Kier alpha value is -1.80. The lowest BCUT2D eigenvalue weighted by molar-refractivity contribution is 0.168. The Morgan fingerprint density at radius 2 is 1.52 bits per heavy atom. The summed E-state index contributed by atoms with van der Waals surface area (Å²) in [5, 5.41) is 10.3. The lowest BCUT2D eigenvalue weighted by atomic mass is 10.0. The minimum absolute atomic E-state index is 0.393. The quantitative estimate of drug-likeness (QED) is 0.823. The van der Waals surface area contributed by atoms with Gasteiger partial charge in [0, 0.05) is 18.8 Å². The van der Waals surface area contributed by atoms with Gasteiger partial charge in [-0.3, -0.25) is 0 Å². The molecule has 0 saturated heterocycles. The average molecular weight is 283 g/mol. The Morgan fingerprint density at radius 1 is 0.905 bits per heavy atom. The highest BCUT2D eigenvalue weighted by Crippen LogP contribution is 2.22. The standard InChI is InChI=1S/C19H25NO/c1-3-20(4-2)18-13-11-17(12-14-18)19(21)15-10-16-8-6-5-7-9-16/h5-9,11-14,19,21H,3-4,10,15H2,1-2H3. The van der Waals surface area contributed by atoms with Crippen LogP contribution in [-0.2, 0) is 6.42 Å². The van der Waals surface area contributed by atoms with Gasteiger partial charge >= 0.3 is 0 Å². The Kier molecular flexibility index (Phi) is 5.82. The molecular weight excluding hydrogens is 258 g/mol. The van der Waals surface area contributed by atoms with Crippen LogP contribution < -0.4 is 4.90 Å². The maximum absolute atomic E-state index is 10.3. The molecule has 1 N–H and O–H groups in total. The molecule has 0 heterocycles. The number of anilines is 1. The summed E-state index contributed by atoms with van der Waals surface area (Å²) in [6.07, 6.45) is 1.27. The summed E-state index contributed by atoms with van der Waals surface area (Å²) in [6.45, 7) is 6.33. The van der Waals surface area contributed by atoms with Crippen LogP contribution in [0.2, 0.25) is 0 Å². The van der Waals surface area contributed by atoms with Crippen LogP contribution in [0.1, 0.15) is 37.5 Å². The van der Waals surface area contributed by atoms with Crippen LogP contribution in [0.25, 0.3) is 0 Å². The maximum atomic E-state index is 10.3. The molecule has 0 spiro atoms. The van der Waals surface area contributed by atoms with Crippen molar-refractivity contribution in [3.63, 3.8) is 0 Å². The molecule has 0 radical (unpaired) electrons. The highest BCUT2D eigenvalue weighted by molar-refractivity contribution is 5.47. The highest BCUT2D eigenvalue weighted by Gasteiger charge is 2.09. The van der Waals surface area contributed by atoms with Crippen LogP contribution in [0.5, 0.6) is 0 Å². The lowest BCUT2D eigenvalue weighted by Crippen LogP contribution is -2.21. The lowest BCUT2D eigenvalue weighted by Gasteiger charge is -2.21. The normalized spacial score (nSPS) is 12.1. The molecule has 0 aliphatic carbocycles. The van der Waals surface area contributed by atoms with Crippen LogP contribution >= 0.6 is 0 Å². The first-order valence-electron chi connectivity index (χ1n) is 7.81. The van der Waals surface area contributed by atoms with Gasteiger partial charge < -0.3 is 10.0 Å². The van der Waals surface area contributed by atoms with Gasteiger partial charge in [0.05, 0.1) is 6.10 Å². The van der Waals surface area contributed by atoms with E-state index in [2.05, 4.69) is 43.0 Å². The van der Waals surface area contributed by atoms with E-state index >= 15 is 0 Å². The molecule has 2 rings (SSSR count). The third-order valence-corrected chi connectivity index (χ3v) is 3.96. The van der Waals surface area contributed by atoms with Gasteiger partial charge in [-0.05, 0) is 49.9 Å². The fourth-order valence-corrected chi connectivity index (χ4v) is 2.61. The number of benzene rings is 2. The van der Waals surface area contributed by atoms with Crippen molar-refractivity contribution < 1.29 is 5.11 Å². The molecule has 1 atom stereocenters. The summed E-state index contributed by atoms with van der Waals surface area (Å²) in [7, 11) is 0. The fourth-order valence-electron chi connectivity index (χ4n) is 2.61. The summed E-state index contributed by atoms with van der Waals surface area (Å²) in [5.41, 5.74) is 3.50. The minimum Gasteiger partial charge on any atom is -0.388 e. The number of nitrogens with zero attached hydrogens (tertiary/aromatic N) is 1. The molecule has 0 saturated carbocycles. The van der Waals surface area contributed by atoms with Crippen molar-refractivity contribution in [2.75, 3.05) is 18.0 Å². The van der Waals surface area contributed by atoms with E-state index in [0.717, 1.165) is 31.5 Å². The van der Waals surface area contributed by atoms with Gasteiger partial charge in [0.1, 0.15) is 0 Å². The zero-order chi connectivity index (χ0) is 15.1. The van der Waals surface area contributed by atoms with Gasteiger partial charge in [-0.2, -0.15) is 0 Å². The first-order chi connectivity index (χ1) is 10.2. The number of aliphatic hydroxyl groups is 1. The number of aliphatic hydroxyl groups excluding tert-OH is 1. The molecular formula is C19H25NO. The van der Waals surface area contributed by atoms with E-state index in [9.17, 15) is 5.11 Å². The minimum atomic E-state index is -0.393. The van der Waals surface area contributed by atoms with Crippen LogP contribution in [-0.4, -0.2) is 18.2 Å². The molecule has 112 valence electrons. The van der Waals surface area contributed by atoms with Crippen LogP contribution in [0.3, 0.4) is 0 Å². The second kappa shape index (κ2) is 7.84. The molecule has 0 amide bonds. The van der Waals surface area contributed by atoms with E-state index in [1.165, 1.54) is 11.3 Å². The van der Waals surface area contributed by atoms with Gasteiger partial charge in [0.25, 0.3) is 0 Å². The summed E-state index contributed by atoms with van der Waals surface area (Å²) >= 11 is 0. The molecule has 1 unspecified atom stereocenters. The molecule has 2 heteroatoms. The molecule has 0 aliphatic heterocycles. The Balaban J connectivity index is 1.95. The molecule has 0 aliphatic rings. The smallest absolute Gasteiger partial charge is 0.0793 e. The Labute approximate surface area is 128 Å². The molecule has 21 heavy (non-hydrogen) atoms. The molecule has 2 aromatic rings. The summed E-state index contributed by atoms with van der Waals surface area (Å²) in [5.74, 6) is 0. The number of aryl methyl sites for hydroxylation is 1. The molecule has 0 aromatic heterocycles. The Bertz CT molecular complexity index is 517. The van der Waals surface area contributed by atoms with Crippen molar-refractivity contribution >= 4 is 5.69 Å². The Morgan fingerprint density at radius 3 is 2.10 bits per heavy atom.